The van der Waals surface area contributed by atoms with Crippen LogP contribution in [-0.4, -0.2) is 16.0 Å². The topological polar surface area (TPSA) is 94.0 Å². The number of nitrogens with two attached hydrogens (primary N) is 1. The molecule has 0 atom stereocenters. The molecule has 1 heterocycles. The van der Waals surface area contributed by atoms with E-state index in [2.05, 4.69) is 15.5 Å². The van der Waals surface area contributed by atoms with Crippen molar-refractivity contribution >= 4 is 11.6 Å². The first-order chi connectivity index (χ1) is 13.5. The van der Waals surface area contributed by atoms with Gasteiger partial charge in [0.15, 0.2) is 5.82 Å². The summed E-state index contributed by atoms with van der Waals surface area (Å²) in [6, 6.07) is 11.3. The summed E-state index contributed by atoms with van der Waals surface area (Å²) >= 11 is 0. The first-order valence-electron chi connectivity index (χ1n) is 9.27. The van der Waals surface area contributed by atoms with Crippen molar-refractivity contribution in [2.45, 2.75) is 38.1 Å². The molecule has 144 valence electrons. The molecule has 0 saturated heterocycles. The number of nitrogens with zero attached hydrogens (tertiary/aromatic N) is 2. The van der Waals surface area contributed by atoms with E-state index in [1.165, 1.54) is 18.2 Å². The zero-order valence-electron chi connectivity index (χ0n) is 15.5. The molecule has 1 aliphatic carbocycles. The molecular formula is C21H21FN4O2. The number of hydrogen-bond acceptors (Lipinski definition) is 5. The van der Waals surface area contributed by atoms with E-state index < -0.39 is 17.3 Å². The number of nitrogens with one attached hydrogen (secondary N) is 1. The molecule has 0 radical (unpaired) electrons. The molecule has 0 bridgehead atoms. The smallest absolute Gasteiger partial charge is 0.260 e. The zero-order valence-corrected chi connectivity index (χ0v) is 15.5. The van der Waals surface area contributed by atoms with E-state index in [-0.39, 0.29) is 11.5 Å². The maximum absolute atomic E-state index is 14.0. The predicted molar refractivity (Wildman–Crippen MR) is 103 cm³/mol. The second kappa shape index (κ2) is 7.16. The van der Waals surface area contributed by atoms with Crippen LogP contribution in [0.4, 0.5) is 10.1 Å². The lowest BCUT2D eigenvalue weighted by atomic mass is 9.98. The Labute approximate surface area is 161 Å². The van der Waals surface area contributed by atoms with Crippen LogP contribution in [-0.2, 0) is 5.54 Å². The summed E-state index contributed by atoms with van der Waals surface area (Å²) in [6.45, 7) is 1.85. The molecular weight excluding hydrogens is 359 g/mol. The fourth-order valence-electron chi connectivity index (χ4n) is 3.60. The van der Waals surface area contributed by atoms with Crippen LogP contribution in [0.25, 0.3) is 11.5 Å². The highest BCUT2D eigenvalue weighted by atomic mass is 19.1. The van der Waals surface area contributed by atoms with Crippen LogP contribution in [0, 0.1) is 12.7 Å². The molecule has 3 N–H and O–H groups in total. The zero-order chi connectivity index (χ0) is 19.7. The maximum atomic E-state index is 14.0. The summed E-state index contributed by atoms with van der Waals surface area (Å²) in [5.41, 5.74) is 7.69. The Hall–Kier alpha value is -3.06. The van der Waals surface area contributed by atoms with Crippen molar-refractivity contribution in [3.63, 3.8) is 0 Å². The minimum Gasteiger partial charge on any atom is -0.334 e. The fourth-order valence-corrected chi connectivity index (χ4v) is 3.60. The average molecular weight is 380 g/mol. The summed E-state index contributed by atoms with van der Waals surface area (Å²) in [5.74, 6) is -0.367. The highest BCUT2D eigenvalue weighted by Gasteiger charge is 2.36. The van der Waals surface area contributed by atoms with Crippen LogP contribution in [0.3, 0.4) is 0 Å². The van der Waals surface area contributed by atoms with Gasteiger partial charge in [0.1, 0.15) is 5.82 Å². The van der Waals surface area contributed by atoms with Gasteiger partial charge < -0.3 is 15.6 Å². The van der Waals surface area contributed by atoms with Crippen LogP contribution < -0.4 is 11.1 Å². The van der Waals surface area contributed by atoms with Crippen molar-refractivity contribution in [1.29, 1.82) is 0 Å². The maximum Gasteiger partial charge on any atom is 0.260 e. The van der Waals surface area contributed by atoms with Crippen LogP contribution in [0.5, 0.6) is 0 Å². The third-order valence-corrected chi connectivity index (χ3v) is 5.23. The van der Waals surface area contributed by atoms with Crippen LogP contribution >= 0.6 is 0 Å². The minimum absolute atomic E-state index is 0.0326. The summed E-state index contributed by atoms with van der Waals surface area (Å²) in [4.78, 5) is 17.1. The number of carbonyl (C=O) groups excluding carboxylic acids is 1. The Balaban J connectivity index is 1.68. The molecule has 0 unspecified atom stereocenters. The normalized spacial score (nSPS) is 15.5. The van der Waals surface area contributed by atoms with Gasteiger partial charge in [-0.25, -0.2) is 4.39 Å². The molecule has 3 aromatic rings. The Morgan fingerprint density at radius 3 is 2.68 bits per heavy atom. The van der Waals surface area contributed by atoms with E-state index in [1.807, 2.05) is 19.1 Å². The Bertz CT molecular complexity index is 1020. The highest BCUT2D eigenvalue weighted by Crippen LogP contribution is 2.37. The van der Waals surface area contributed by atoms with Gasteiger partial charge in [-0.15, -0.1) is 0 Å². The average Bonchev–Trinajstić information content (AvgIpc) is 3.34. The van der Waals surface area contributed by atoms with E-state index >= 15 is 0 Å². The van der Waals surface area contributed by atoms with Gasteiger partial charge in [0.05, 0.1) is 22.4 Å². The van der Waals surface area contributed by atoms with Crippen molar-refractivity contribution < 1.29 is 13.7 Å². The van der Waals surface area contributed by atoms with Crippen LogP contribution in [0.15, 0.2) is 47.0 Å². The molecule has 0 aliphatic heterocycles. The van der Waals surface area contributed by atoms with Crippen molar-refractivity contribution in [1.82, 2.24) is 10.1 Å². The number of carbonyl (C=O) groups is 1. The largest absolute Gasteiger partial charge is 0.334 e. The van der Waals surface area contributed by atoms with Crippen molar-refractivity contribution in [3.05, 3.63) is 65.2 Å². The standard InChI is InChI=1S/C21H21FN4O2/c1-13-7-6-9-15(17(13)24-18(27)14-8-2-3-10-16(14)22)19-25-20(26-28-19)21(23)11-4-5-12-21/h2-3,6-10H,4-5,11-12,23H2,1H3,(H,24,27). The minimum atomic E-state index is -0.582. The summed E-state index contributed by atoms with van der Waals surface area (Å²) in [5, 5.41) is 6.87. The van der Waals surface area contributed by atoms with Gasteiger partial charge in [-0.2, -0.15) is 4.98 Å². The second-order valence-electron chi connectivity index (χ2n) is 7.22. The molecule has 28 heavy (non-hydrogen) atoms. The predicted octanol–water partition coefficient (Wildman–Crippen LogP) is 4.16. The number of halogens is 1. The quantitative estimate of drug-likeness (QED) is 0.709. The molecule has 0 spiro atoms. The lowest BCUT2D eigenvalue weighted by Gasteiger charge is -2.17. The lowest BCUT2D eigenvalue weighted by Crippen LogP contribution is -2.34. The second-order valence-corrected chi connectivity index (χ2v) is 7.22. The van der Waals surface area contributed by atoms with E-state index in [4.69, 9.17) is 10.3 Å². The molecule has 1 saturated carbocycles. The first kappa shape index (κ1) is 18.3. The molecule has 1 amide bonds. The number of para-hydroxylation sites is 1. The first-order valence-corrected chi connectivity index (χ1v) is 9.27. The van der Waals surface area contributed by atoms with Crippen LogP contribution in [0.1, 0.15) is 47.4 Å². The summed E-state index contributed by atoms with van der Waals surface area (Å²) in [7, 11) is 0. The summed E-state index contributed by atoms with van der Waals surface area (Å²) < 4.78 is 19.4. The van der Waals surface area contributed by atoms with Gasteiger partial charge in [-0.1, -0.05) is 42.3 Å². The number of amides is 1. The Morgan fingerprint density at radius 2 is 1.93 bits per heavy atom. The van der Waals surface area contributed by atoms with Gasteiger partial charge in [-0.3, -0.25) is 4.79 Å². The monoisotopic (exact) mass is 380 g/mol. The SMILES string of the molecule is Cc1cccc(-c2nc(C3(N)CCCC3)no2)c1NC(=O)c1ccccc1F. The van der Waals surface area contributed by atoms with Gasteiger partial charge in [0.2, 0.25) is 0 Å². The molecule has 2 aromatic carbocycles. The number of anilines is 1. The molecule has 1 aliphatic rings. The Kier molecular flexibility index (Phi) is 4.68. The number of rotatable bonds is 4. The summed E-state index contributed by atoms with van der Waals surface area (Å²) in [6.07, 6.45) is 3.71. The van der Waals surface area contributed by atoms with E-state index in [9.17, 15) is 9.18 Å². The number of benzene rings is 2. The van der Waals surface area contributed by atoms with Crippen molar-refractivity contribution in [3.8, 4) is 11.5 Å². The highest BCUT2D eigenvalue weighted by molar-refractivity contribution is 6.06. The van der Waals surface area contributed by atoms with Crippen molar-refractivity contribution in [2.24, 2.45) is 5.73 Å². The van der Waals surface area contributed by atoms with Gasteiger partial charge in [0, 0.05) is 0 Å². The van der Waals surface area contributed by atoms with E-state index in [1.54, 1.807) is 12.1 Å². The third-order valence-electron chi connectivity index (χ3n) is 5.23. The molecule has 6 nitrogen and oxygen atoms in total. The van der Waals surface area contributed by atoms with E-state index in [0.29, 0.717) is 17.1 Å². The molecule has 1 aromatic heterocycles. The lowest BCUT2D eigenvalue weighted by molar-refractivity contribution is 0.102. The van der Waals surface area contributed by atoms with Crippen LogP contribution in [0.2, 0.25) is 0 Å². The van der Waals surface area contributed by atoms with E-state index in [0.717, 1.165) is 31.2 Å². The molecule has 7 heteroatoms. The Morgan fingerprint density at radius 1 is 1.18 bits per heavy atom. The van der Waals surface area contributed by atoms with Crippen molar-refractivity contribution in [2.75, 3.05) is 5.32 Å². The van der Waals surface area contributed by atoms with Gasteiger partial charge in [0.25, 0.3) is 11.8 Å². The third kappa shape index (κ3) is 3.29. The van der Waals surface area contributed by atoms with Gasteiger partial charge in [-0.05, 0) is 43.5 Å². The van der Waals surface area contributed by atoms with Gasteiger partial charge >= 0.3 is 0 Å². The fraction of sp³-hybridized carbons (Fsp3) is 0.286. The molecule has 1 fully saturated rings. The number of hydrogen-bond donors (Lipinski definition) is 2. The molecule has 4 rings (SSSR count). The number of aromatic nitrogens is 2. The number of aryl methyl sites for hydroxylation is 1.